The first-order valence-electron chi connectivity index (χ1n) is 7.94. The largest absolute Gasteiger partial charge is 0.391 e. The van der Waals surface area contributed by atoms with Crippen molar-refractivity contribution >= 4 is 0 Å². The second-order valence-corrected chi connectivity index (χ2v) is 6.71. The lowest BCUT2D eigenvalue weighted by Gasteiger charge is -2.40. The van der Waals surface area contributed by atoms with Crippen LogP contribution < -0.4 is 5.73 Å². The summed E-state index contributed by atoms with van der Waals surface area (Å²) in [5.41, 5.74) is 6.17. The highest BCUT2D eigenvalue weighted by molar-refractivity contribution is 4.88. The van der Waals surface area contributed by atoms with Crippen LogP contribution in [-0.2, 0) is 0 Å². The molecule has 2 fully saturated rings. The maximum Gasteiger partial charge on any atom is 0.391 e. The Morgan fingerprint density at radius 2 is 1.55 bits per heavy atom. The Labute approximate surface area is 119 Å². The van der Waals surface area contributed by atoms with Crippen molar-refractivity contribution in [1.29, 1.82) is 0 Å². The van der Waals surface area contributed by atoms with E-state index in [9.17, 15) is 13.2 Å². The van der Waals surface area contributed by atoms with Crippen molar-refractivity contribution in [3.05, 3.63) is 0 Å². The zero-order valence-corrected chi connectivity index (χ0v) is 12.2. The number of likely N-dealkylation sites (tertiary alicyclic amines) is 1. The van der Waals surface area contributed by atoms with Crippen molar-refractivity contribution in [1.82, 2.24) is 4.90 Å². The van der Waals surface area contributed by atoms with Crippen LogP contribution >= 0.6 is 0 Å². The van der Waals surface area contributed by atoms with Crippen molar-refractivity contribution in [2.75, 3.05) is 26.2 Å². The van der Waals surface area contributed by atoms with Crippen molar-refractivity contribution in [2.24, 2.45) is 17.1 Å². The molecule has 2 N–H and O–H groups in total. The van der Waals surface area contributed by atoms with Crippen LogP contribution in [0.2, 0.25) is 0 Å². The molecule has 0 bridgehead atoms. The summed E-state index contributed by atoms with van der Waals surface area (Å²) in [5.74, 6) is -1.10. The molecular formula is C15H27F3N2. The minimum Gasteiger partial charge on any atom is -0.330 e. The van der Waals surface area contributed by atoms with Gasteiger partial charge >= 0.3 is 6.18 Å². The lowest BCUT2D eigenvalue weighted by atomic mass is 9.79. The summed E-state index contributed by atoms with van der Waals surface area (Å²) >= 11 is 0. The lowest BCUT2D eigenvalue weighted by molar-refractivity contribution is -0.185. The first-order chi connectivity index (χ1) is 9.45. The predicted octanol–water partition coefficient (Wildman–Crippen LogP) is 3.56. The van der Waals surface area contributed by atoms with Gasteiger partial charge in [-0.1, -0.05) is 25.7 Å². The molecule has 20 heavy (non-hydrogen) atoms. The summed E-state index contributed by atoms with van der Waals surface area (Å²) in [6.07, 6.45) is 3.77. The second-order valence-electron chi connectivity index (χ2n) is 6.71. The lowest BCUT2D eigenvalue weighted by Crippen LogP contribution is -2.47. The van der Waals surface area contributed by atoms with Gasteiger partial charge in [0.15, 0.2) is 0 Å². The molecule has 1 aliphatic heterocycles. The van der Waals surface area contributed by atoms with Gasteiger partial charge in [0.25, 0.3) is 0 Å². The first-order valence-corrected chi connectivity index (χ1v) is 7.94. The fraction of sp³-hybridized carbons (Fsp3) is 1.00. The van der Waals surface area contributed by atoms with E-state index in [2.05, 4.69) is 4.90 Å². The highest BCUT2D eigenvalue weighted by Crippen LogP contribution is 2.38. The molecule has 2 rings (SSSR count). The molecule has 1 saturated carbocycles. The molecule has 0 spiro atoms. The molecule has 5 heteroatoms. The standard InChI is InChI=1S/C15H27F3N2/c16-15(17,18)13-5-9-20(10-6-13)12-14(11-19)7-3-1-2-4-8-14/h13H,1-12,19H2. The minimum atomic E-state index is -4.01. The molecule has 2 nitrogen and oxygen atoms in total. The Hall–Kier alpha value is -0.290. The van der Waals surface area contributed by atoms with Crippen LogP contribution in [0.1, 0.15) is 51.4 Å². The van der Waals surface area contributed by atoms with Crippen molar-refractivity contribution in [3.8, 4) is 0 Å². The van der Waals surface area contributed by atoms with Gasteiger partial charge in [-0.05, 0) is 50.7 Å². The van der Waals surface area contributed by atoms with E-state index < -0.39 is 12.1 Å². The van der Waals surface area contributed by atoms with Gasteiger partial charge in [-0.2, -0.15) is 13.2 Å². The highest BCUT2D eigenvalue weighted by atomic mass is 19.4. The maximum atomic E-state index is 12.7. The van der Waals surface area contributed by atoms with Gasteiger partial charge in [0.05, 0.1) is 5.92 Å². The van der Waals surface area contributed by atoms with Gasteiger partial charge < -0.3 is 10.6 Å². The van der Waals surface area contributed by atoms with Crippen molar-refractivity contribution < 1.29 is 13.2 Å². The third-order valence-corrected chi connectivity index (χ3v) is 5.21. The van der Waals surface area contributed by atoms with E-state index >= 15 is 0 Å². The number of hydrogen-bond donors (Lipinski definition) is 1. The van der Waals surface area contributed by atoms with Crippen molar-refractivity contribution in [2.45, 2.75) is 57.5 Å². The van der Waals surface area contributed by atoms with Crippen LogP contribution in [0.5, 0.6) is 0 Å². The van der Waals surface area contributed by atoms with Crippen LogP contribution in [0, 0.1) is 11.3 Å². The fourth-order valence-electron chi connectivity index (χ4n) is 3.80. The normalized spacial score (nSPS) is 26.4. The second kappa shape index (κ2) is 6.65. The van der Waals surface area contributed by atoms with E-state index in [1.807, 2.05) is 0 Å². The van der Waals surface area contributed by atoms with Gasteiger partial charge in [-0.25, -0.2) is 0 Å². The molecule has 1 saturated heterocycles. The van der Waals surface area contributed by atoms with Crippen LogP contribution in [0.4, 0.5) is 13.2 Å². The smallest absolute Gasteiger partial charge is 0.330 e. The summed E-state index contributed by atoms with van der Waals surface area (Å²) in [6, 6.07) is 0. The molecule has 2 aliphatic rings. The Kier molecular flexibility index (Phi) is 5.35. The maximum absolute atomic E-state index is 12.7. The number of halogens is 3. The molecule has 1 aliphatic carbocycles. The van der Waals surface area contributed by atoms with Gasteiger partial charge in [0, 0.05) is 6.54 Å². The van der Waals surface area contributed by atoms with Gasteiger partial charge in [-0.15, -0.1) is 0 Å². The molecule has 0 aromatic rings. The first kappa shape index (κ1) is 16.1. The average Bonchev–Trinajstić information content (AvgIpc) is 2.64. The fourth-order valence-corrected chi connectivity index (χ4v) is 3.80. The highest BCUT2D eigenvalue weighted by Gasteiger charge is 2.42. The monoisotopic (exact) mass is 292 g/mol. The zero-order valence-electron chi connectivity index (χ0n) is 12.2. The quantitative estimate of drug-likeness (QED) is 0.806. The molecule has 0 aromatic heterocycles. The summed E-state index contributed by atoms with van der Waals surface area (Å²) in [6.45, 7) is 2.72. The van der Waals surface area contributed by atoms with E-state index in [0.29, 0.717) is 19.6 Å². The van der Waals surface area contributed by atoms with Crippen molar-refractivity contribution in [3.63, 3.8) is 0 Å². The Bertz CT molecular complexity index is 288. The number of piperidine rings is 1. The van der Waals surface area contributed by atoms with E-state index in [-0.39, 0.29) is 18.3 Å². The molecule has 0 radical (unpaired) electrons. The zero-order chi connectivity index (χ0) is 14.6. The van der Waals surface area contributed by atoms with Gasteiger partial charge in [0.1, 0.15) is 0 Å². The summed E-state index contributed by atoms with van der Waals surface area (Å²) < 4.78 is 38.1. The van der Waals surface area contributed by atoms with Crippen LogP contribution in [0.3, 0.4) is 0 Å². The molecule has 0 amide bonds. The van der Waals surface area contributed by atoms with Crippen LogP contribution in [0.25, 0.3) is 0 Å². The number of alkyl halides is 3. The summed E-state index contributed by atoms with van der Waals surface area (Å²) in [7, 11) is 0. The van der Waals surface area contributed by atoms with Crippen LogP contribution in [0.15, 0.2) is 0 Å². The number of rotatable bonds is 3. The average molecular weight is 292 g/mol. The Morgan fingerprint density at radius 1 is 1.00 bits per heavy atom. The number of nitrogens with two attached hydrogens (primary N) is 1. The molecule has 118 valence electrons. The predicted molar refractivity (Wildman–Crippen MR) is 74.4 cm³/mol. The molecule has 0 atom stereocenters. The molecular weight excluding hydrogens is 265 g/mol. The summed E-state index contributed by atoms with van der Waals surface area (Å²) in [5, 5.41) is 0. The SMILES string of the molecule is NCC1(CN2CCC(C(F)(F)F)CC2)CCCCCC1. The molecule has 0 aromatic carbocycles. The number of nitrogens with zero attached hydrogens (tertiary/aromatic N) is 1. The molecule has 0 unspecified atom stereocenters. The van der Waals surface area contributed by atoms with E-state index in [1.54, 1.807) is 0 Å². The van der Waals surface area contributed by atoms with Gasteiger partial charge in [0.2, 0.25) is 0 Å². The number of hydrogen-bond acceptors (Lipinski definition) is 2. The Morgan fingerprint density at radius 3 is 2.00 bits per heavy atom. The minimum absolute atomic E-state index is 0.154. The molecule has 1 heterocycles. The van der Waals surface area contributed by atoms with E-state index in [1.165, 1.54) is 25.7 Å². The third kappa shape index (κ3) is 4.10. The van der Waals surface area contributed by atoms with E-state index in [0.717, 1.165) is 19.4 Å². The third-order valence-electron chi connectivity index (χ3n) is 5.21. The van der Waals surface area contributed by atoms with Crippen LogP contribution in [-0.4, -0.2) is 37.3 Å². The van der Waals surface area contributed by atoms with E-state index in [4.69, 9.17) is 5.73 Å². The summed E-state index contributed by atoms with van der Waals surface area (Å²) in [4.78, 5) is 2.22. The van der Waals surface area contributed by atoms with Gasteiger partial charge in [-0.3, -0.25) is 0 Å². The Balaban J connectivity index is 1.87. The topological polar surface area (TPSA) is 29.3 Å².